The SMILES string of the molecule is CC(=O)N1CCc2c(c(N3CCCc4cc(-c5cnn(C)c5)c(C(F)F)cc43)nn2C2CC3(CCN(C4CCN(c5ccc(C(=O)O)nn5)CC4)CC3)C2)C1. The van der Waals surface area contributed by atoms with E-state index in [0.717, 1.165) is 112 Å². The number of likely N-dealkylation sites (tertiary alicyclic amines) is 1. The number of benzene rings is 1. The number of anilines is 3. The highest BCUT2D eigenvalue weighted by atomic mass is 19.3. The summed E-state index contributed by atoms with van der Waals surface area (Å²) in [4.78, 5) is 32.7. The largest absolute Gasteiger partial charge is 0.476 e. The van der Waals surface area contributed by atoms with Gasteiger partial charge in [-0.05, 0) is 105 Å². The smallest absolute Gasteiger partial charge is 0.356 e. The lowest BCUT2D eigenvalue weighted by Crippen LogP contribution is -2.53. The molecule has 4 aromatic rings. The van der Waals surface area contributed by atoms with Gasteiger partial charge in [-0.3, -0.25) is 14.2 Å². The lowest BCUT2D eigenvalue weighted by atomic mass is 9.60. The predicted octanol–water partition coefficient (Wildman–Crippen LogP) is 5.78. The van der Waals surface area contributed by atoms with Crippen LogP contribution in [0.3, 0.4) is 0 Å². The Hall–Kier alpha value is -4.92. The maximum Gasteiger partial charge on any atom is 0.356 e. The van der Waals surface area contributed by atoms with E-state index in [1.807, 2.05) is 11.0 Å². The molecule has 1 aliphatic carbocycles. The minimum atomic E-state index is -2.64. The van der Waals surface area contributed by atoms with Crippen molar-refractivity contribution in [2.24, 2.45) is 12.5 Å². The van der Waals surface area contributed by atoms with E-state index in [1.54, 1.807) is 43.2 Å². The summed E-state index contributed by atoms with van der Waals surface area (Å²) in [5.74, 6) is 0.507. The van der Waals surface area contributed by atoms with Gasteiger partial charge in [0.2, 0.25) is 5.91 Å². The van der Waals surface area contributed by atoms with Crippen LogP contribution in [0.15, 0.2) is 36.7 Å². The molecular formula is C40H48F2N10O3. The second-order valence-electron chi connectivity index (χ2n) is 16.3. The maximum atomic E-state index is 14.7. The van der Waals surface area contributed by atoms with Gasteiger partial charge in [-0.25, -0.2) is 13.6 Å². The second kappa shape index (κ2) is 14.0. The van der Waals surface area contributed by atoms with Gasteiger partial charge in [0.1, 0.15) is 0 Å². The molecule has 0 unspecified atom stereocenters. The van der Waals surface area contributed by atoms with Gasteiger partial charge in [-0.15, -0.1) is 10.2 Å². The van der Waals surface area contributed by atoms with Gasteiger partial charge in [-0.2, -0.15) is 10.2 Å². The van der Waals surface area contributed by atoms with Gasteiger partial charge >= 0.3 is 5.97 Å². The number of carbonyl (C=O) groups excluding carboxylic acids is 1. The standard InChI is InChI=1S/C40H48F2N10O3/c1-25(53)50-15-9-34-32(24-50)38(51-12-3-4-26-18-30(27-22-43-47(2)23-27)31(37(41)42)19-35(26)51)46-52(34)29-20-40(21-29)10-16-48(17-11-40)28-7-13-49(14-8-28)36-6-5-33(39(54)55)44-45-36/h5-6,18-19,22-23,28-29,37H,3-4,7-17,20-21,24H2,1-2H3,(H,54,55). The number of carbonyl (C=O) groups is 2. The van der Waals surface area contributed by atoms with Crippen LogP contribution >= 0.6 is 0 Å². The molecule has 3 aromatic heterocycles. The molecule has 0 atom stereocenters. The van der Waals surface area contributed by atoms with Crippen LogP contribution in [-0.4, -0.2) is 102 Å². The van der Waals surface area contributed by atoms with Crippen molar-refractivity contribution >= 4 is 29.2 Å². The molecule has 1 saturated carbocycles. The summed E-state index contributed by atoms with van der Waals surface area (Å²) in [5, 5.41) is 26.8. The number of halogens is 2. The lowest BCUT2D eigenvalue weighted by molar-refractivity contribution is -0.129. The highest BCUT2D eigenvalue weighted by Gasteiger charge is 2.49. The molecular weight excluding hydrogens is 707 g/mol. The van der Waals surface area contributed by atoms with Gasteiger partial charge in [0.05, 0.1) is 18.8 Å². The molecule has 3 fully saturated rings. The first-order valence-electron chi connectivity index (χ1n) is 19.7. The Bertz CT molecular complexity index is 2090. The molecule has 7 heterocycles. The molecule has 55 heavy (non-hydrogen) atoms. The summed E-state index contributed by atoms with van der Waals surface area (Å²) in [7, 11) is 1.79. The fraction of sp³-hybridized carbons (Fsp3) is 0.550. The predicted molar refractivity (Wildman–Crippen MR) is 202 cm³/mol. The first kappa shape index (κ1) is 35.8. The molecule has 15 heteroatoms. The molecule has 4 aliphatic heterocycles. The highest BCUT2D eigenvalue weighted by molar-refractivity contribution is 5.85. The number of carboxylic acids is 1. The number of piperidine rings is 2. The van der Waals surface area contributed by atoms with Crippen molar-refractivity contribution in [2.45, 2.75) is 89.8 Å². The number of aryl methyl sites for hydroxylation is 2. The van der Waals surface area contributed by atoms with Crippen LogP contribution in [0.1, 0.15) is 97.2 Å². The van der Waals surface area contributed by atoms with Crippen LogP contribution in [0.25, 0.3) is 11.1 Å². The number of alkyl halides is 2. The van der Waals surface area contributed by atoms with E-state index < -0.39 is 12.4 Å². The lowest BCUT2D eigenvalue weighted by Gasteiger charge is -2.54. The molecule has 2 saturated heterocycles. The second-order valence-corrected chi connectivity index (χ2v) is 16.3. The number of hydrogen-bond acceptors (Lipinski definition) is 9. The van der Waals surface area contributed by atoms with Crippen molar-refractivity contribution in [3.8, 4) is 11.1 Å². The number of amides is 1. The van der Waals surface area contributed by atoms with Crippen molar-refractivity contribution < 1.29 is 23.5 Å². The molecule has 13 nitrogen and oxygen atoms in total. The Labute approximate surface area is 318 Å². The molecule has 290 valence electrons. The molecule has 1 aromatic carbocycles. The van der Waals surface area contributed by atoms with Gasteiger partial charge in [-0.1, -0.05) is 0 Å². The molecule has 1 amide bonds. The summed E-state index contributed by atoms with van der Waals surface area (Å²) in [5.41, 5.74) is 5.52. The van der Waals surface area contributed by atoms with E-state index in [0.29, 0.717) is 42.2 Å². The Morgan fingerprint density at radius 1 is 0.964 bits per heavy atom. The van der Waals surface area contributed by atoms with E-state index in [4.69, 9.17) is 10.2 Å². The van der Waals surface area contributed by atoms with Gasteiger partial charge in [0, 0.05) is 86.9 Å². The third-order valence-electron chi connectivity index (χ3n) is 13.1. The normalized spacial score (nSPS) is 20.5. The van der Waals surface area contributed by atoms with Crippen LogP contribution in [0, 0.1) is 5.41 Å². The number of aromatic carboxylic acids is 1. The highest BCUT2D eigenvalue weighted by Crippen LogP contribution is 2.56. The minimum absolute atomic E-state index is 0.00303. The Morgan fingerprint density at radius 2 is 1.75 bits per heavy atom. The molecule has 5 aliphatic rings. The van der Waals surface area contributed by atoms with Gasteiger partial charge < -0.3 is 24.7 Å². The van der Waals surface area contributed by atoms with Crippen molar-refractivity contribution in [2.75, 3.05) is 49.1 Å². The fourth-order valence-corrected chi connectivity index (χ4v) is 10.0. The quantitative estimate of drug-likeness (QED) is 0.248. The zero-order chi connectivity index (χ0) is 38.0. The number of nitrogens with zero attached hydrogens (tertiary/aromatic N) is 10. The topological polar surface area (TPSA) is 129 Å². The first-order valence-corrected chi connectivity index (χ1v) is 19.7. The van der Waals surface area contributed by atoms with Crippen LogP contribution in [0.4, 0.5) is 26.1 Å². The molecule has 0 radical (unpaired) electrons. The van der Waals surface area contributed by atoms with E-state index in [2.05, 4.69) is 34.7 Å². The first-order chi connectivity index (χ1) is 26.6. The number of rotatable bonds is 7. The van der Waals surface area contributed by atoms with E-state index in [9.17, 15) is 18.4 Å². The third kappa shape index (κ3) is 6.53. The number of fused-ring (bicyclic) bond motifs is 2. The zero-order valence-electron chi connectivity index (χ0n) is 31.5. The van der Waals surface area contributed by atoms with Crippen molar-refractivity contribution in [1.82, 2.24) is 39.6 Å². The third-order valence-corrected chi connectivity index (χ3v) is 13.1. The van der Waals surface area contributed by atoms with Crippen molar-refractivity contribution in [1.29, 1.82) is 0 Å². The average molecular weight is 755 g/mol. The van der Waals surface area contributed by atoms with E-state index >= 15 is 0 Å². The number of hydrogen-bond donors (Lipinski definition) is 1. The molecule has 1 N–H and O–H groups in total. The van der Waals surface area contributed by atoms with Crippen LogP contribution in [-0.2, 0) is 31.2 Å². The minimum Gasteiger partial charge on any atom is -0.476 e. The zero-order valence-corrected chi connectivity index (χ0v) is 31.5. The summed E-state index contributed by atoms with van der Waals surface area (Å²) in [6, 6.07) is 7.67. The summed E-state index contributed by atoms with van der Waals surface area (Å²) in [6.45, 7) is 7.34. The Morgan fingerprint density at radius 3 is 2.40 bits per heavy atom. The molecule has 1 spiro atoms. The van der Waals surface area contributed by atoms with Gasteiger partial charge in [0.15, 0.2) is 17.3 Å². The summed E-state index contributed by atoms with van der Waals surface area (Å²) >= 11 is 0. The van der Waals surface area contributed by atoms with Gasteiger partial charge in [0.25, 0.3) is 6.43 Å². The maximum absolute atomic E-state index is 14.7. The monoisotopic (exact) mass is 754 g/mol. The van der Waals surface area contributed by atoms with Crippen LogP contribution in [0.5, 0.6) is 0 Å². The fourth-order valence-electron chi connectivity index (χ4n) is 10.0. The average Bonchev–Trinajstić information content (AvgIpc) is 3.79. The Kier molecular flexibility index (Phi) is 9.09. The van der Waals surface area contributed by atoms with E-state index in [1.165, 1.54) is 11.8 Å². The Balaban J connectivity index is 0.907. The number of carboxylic acid groups (broad SMARTS) is 1. The molecule has 0 bridgehead atoms. The summed E-state index contributed by atoms with van der Waals surface area (Å²) < 4.78 is 33.3. The molecule has 9 rings (SSSR count). The number of aromatic nitrogens is 6. The van der Waals surface area contributed by atoms with Crippen molar-refractivity contribution in [3.63, 3.8) is 0 Å². The van der Waals surface area contributed by atoms with Crippen molar-refractivity contribution in [3.05, 3.63) is 64.7 Å². The summed E-state index contributed by atoms with van der Waals surface area (Å²) in [6.07, 6.45) is 9.75. The van der Waals surface area contributed by atoms with Crippen LogP contribution in [0.2, 0.25) is 0 Å². The van der Waals surface area contributed by atoms with E-state index in [-0.39, 0.29) is 23.2 Å². The van der Waals surface area contributed by atoms with Crippen LogP contribution < -0.4 is 9.80 Å².